The molecule has 8 nitrogen and oxygen atoms in total. The molecule has 1 aliphatic carbocycles. The molecule has 0 atom stereocenters. The van der Waals surface area contributed by atoms with Crippen molar-refractivity contribution in [3.8, 4) is 5.75 Å². The van der Waals surface area contributed by atoms with Crippen LogP contribution in [0.3, 0.4) is 0 Å². The second-order valence-electron chi connectivity index (χ2n) is 6.91. The Morgan fingerprint density at radius 2 is 1.68 bits per heavy atom. The van der Waals surface area contributed by atoms with Gasteiger partial charge < -0.3 is 14.9 Å². The molecule has 0 bridgehead atoms. The first kappa shape index (κ1) is 20.6. The van der Waals surface area contributed by atoms with Crippen LogP contribution < -0.4 is 4.74 Å². The van der Waals surface area contributed by atoms with Crippen LogP contribution in [0.1, 0.15) is 5.69 Å². The number of carboxylic acid groups (broad SMARTS) is 1. The Labute approximate surface area is 177 Å². The van der Waals surface area contributed by atoms with E-state index in [1.165, 1.54) is 48.6 Å². The largest absolute Gasteiger partial charge is 0.482 e. The van der Waals surface area contributed by atoms with Gasteiger partial charge in [0, 0.05) is 5.39 Å². The normalized spacial score (nSPS) is 15.3. The van der Waals surface area contributed by atoms with E-state index in [0.29, 0.717) is 10.9 Å². The number of ether oxygens (including phenoxy) is 1. The van der Waals surface area contributed by atoms with Crippen LogP contribution in [0.15, 0.2) is 83.8 Å². The third kappa shape index (κ3) is 3.76. The van der Waals surface area contributed by atoms with Crippen molar-refractivity contribution in [2.24, 2.45) is 0 Å². The van der Waals surface area contributed by atoms with Gasteiger partial charge in [0.1, 0.15) is 11.4 Å². The first-order valence-corrected chi connectivity index (χ1v) is 10.6. The van der Waals surface area contributed by atoms with Crippen LogP contribution in [0.4, 0.5) is 0 Å². The maximum Gasteiger partial charge on any atom is 0.341 e. The minimum Gasteiger partial charge on any atom is -0.482 e. The molecular formula is C22H17NO7S. The lowest BCUT2D eigenvalue weighted by atomic mass is 9.94. The number of aromatic nitrogens is 1. The summed E-state index contributed by atoms with van der Waals surface area (Å²) >= 11 is 0. The molecule has 158 valence electrons. The maximum atomic E-state index is 13.6. The summed E-state index contributed by atoms with van der Waals surface area (Å²) in [4.78, 5) is 22.1. The highest BCUT2D eigenvalue weighted by Gasteiger charge is 2.34. The average molecular weight is 439 g/mol. The monoisotopic (exact) mass is 439 g/mol. The molecule has 0 saturated heterocycles. The van der Waals surface area contributed by atoms with Crippen molar-refractivity contribution in [1.29, 1.82) is 0 Å². The van der Waals surface area contributed by atoms with Gasteiger partial charge >= 0.3 is 5.97 Å². The zero-order valence-corrected chi connectivity index (χ0v) is 16.8. The number of benzene rings is 2. The van der Waals surface area contributed by atoms with Crippen molar-refractivity contribution in [1.82, 2.24) is 3.97 Å². The number of aliphatic hydroxyl groups is 1. The van der Waals surface area contributed by atoms with Gasteiger partial charge in [0.25, 0.3) is 10.0 Å². The van der Waals surface area contributed by atoms with Crippen LogP contribution in [0.2, 0.25) is 0 Å². The fourth-order valence-electron chi connectivity index (χ4n) is 3.33. The lowest BCUT2D eigenvalue weighted by Crippen LogP contribution is -2.29. The van der Waals surface area contributed by atoms with Crippen LogP contribution in [-0.4, -0.2) is 41.0 Å². The van der Waals surface area contributed by atoms with Gasteiger partial charge in [0.05, 0.1) is 16.1 Å². The number of aliphatic carboxylic acids is 1. The van der Waals surface area contributed by atoms with Gasteiger partial charge in [0.2, 0.25) is 0 Å². The molecule has 3 aromatic rings. The summed E-state index contributed by atoms with van der Waals surface area (Å²) in [6.45, 7) is -0.553. The number of nitrogens with zero attached hydrogens (tertiary/aromatic N) is 1. The van der Waals surface area contributed by atoms with Gasteiger partial charge in [-0.05, 0) is 60.7 Å². The third-order valence-electron chi connectivity index (χ3n) is 4.80. The Morgan fingerprint density at radius 3 is 2.32 bits per heavy atom. The summed E-state index contributed by atoms with van der Waals surface area (Å²) in [5.74, 6) is -1.26. The molecule has 0 fully saturated rings. The molecule has 0 unspecified atom stereocenters. The molecule has 1 aromatic heterocycles. The van der Waals surface area contributed by atoms with E-state index in [4.69, 9.17) is 9.84 Å². The number of ketones is 1. The second kappa shape index (κ2) is 7.53. The fraction of sp³-hybridized carbons (Fsp3) is 0.0909. The Balaban J connectivity index is 1.85. The number of carbonyl (C=O) groups excluding carboxylic acids is 1. The van der Waals surface area contributed by atoms with Gasteiger partial charge in [-0.25, -0.2) is 17.2 Å². The summed E-state index contributed by atoms with van der Waals surface area (Å²) in [6, 6.07) is 13.6. The van der Waals surface area contributed by atoms with E-state index >= 15 is 0 Å². The van der Waals surface area contributed by atoms with Gasteiger partial charge in [-0.3, -0.25) is 4.79 Å². The molecule has 4 rings (SSSR count). The Bertz CT molecular complexity index is 1330. The van der Waals surface area contributed by atoms with Crippen LogP contribution in [0, 0.1) is 0 Å². The van der Waals surface area contributed by atoms with Gasteiger partial charge in [-0.1, -0.05) is 18.2 Å². The molecular weight excluding hydrogens is 422 g/mol. The van der Waals surface area contributed by atoms with Crippen LogP contribution >= 0.6 is 0 Å². The lowest BCUT2D eigenvalue weighted by molar-refractivity contribution is -0.139. The van der Waals surface area contributed by atoms with Crippen LogP contribution in [0.25, 0.3) is 10.9 Å². The van der Waals surface area contributed by atoms with Gasteiger partial charge in [-0.15, -0.1) is 0 Å². The minimum absolute atomic E-state index is 0.0555. The zero-order chi connectivity index (χ0) is 22.2. The average Bonchev–Trinajstić information content (AvgIpc) is 3.16. The van der Waals surface area contributed by atoms with Gasteiger partial charge in [0.15, 0.2) is 12.4 Å². The van der Waals surface area contributed by atoms with E-state index in [0.717, 1.165) is 3.97 Å². The Hall–Kier alpha value is -3.69. The van der Waals surface area contributed by atoms with E-state index in [1.807, 2.05) is 0 Å². The summed E-state index contributed by atoms with van der Waals surface area (Å²) in [6.07, 6.45) is 4.86. The molecule has 1 aliphatic rings. The van der Waals surface area contributed by atoms with E-state index in [2.05, 4.69) is 0 Å². The van der Waals surface area contributed by atoms with Gasteiger partial charge in [-0.2, -0.15) is 0 Å². The first-order chi connectivity index (χ1) is 14.7. The number of carbonyl (C=O) groups is 2. The van der Waals surface area contributed by atoms with Crippen LogP contribution in [-0.2, 0) is 25.2 Å². The Kier molecular flexibility index (Phi) is 5.00. The SMILES string of the molecule is O=C1C=CC(O)(c2cc3ccccc3n2S(=O)(=O)c2ccc(OCC(=O)O)cc2)C=C1. The summed E-state index contributed by atoms with van der Waals surface area (Å²) in [5.41, 5.74) is -1.39. The number of allylic oxidation sites excluding steroid dienone is 2. The number of hydrogen-bond donors (Lipinski definition) is 2. The highest BCUT2D eigenvalue weighted by molar-refractivity contribution is 7.90. The molecule has 0 aliphatic heterocycles. The third-order valence-corrected chi connectivity index (χ3v) is 6.55. The molecule has 9 heteroatoms. The predicted octanol–water partition coefficient (Wildman–Crippen LogP) is 2.22. The van der Waals surface area contributed by atoms with Crippen molar-refractivity contribution in [2.45, 2.75) is 10.5 Å². The molecule has 0 amide bonds. The maximum absolute atomic E-state index is 13.6. The van der Waals surface area contributed by atoms with Crippen molar-refractivity contribution in [2.75, 3.05) is 6.61 Å². The number of para-hydroxylation sites is 1. The molecule has 2 N–H and O–H groups in total. The number of rotatable bonds is 6. The molecule has 31 heavy (non-hydrogen) atoms. The minimum atomic E-state index is -4.17. The first-order valence-electron chi connectivity index (χ1n) is 9.17. The van der Waals surface area contributed by atoms with Crippen molar-refractivity contribution in [3.63, 3.8) is 0 Å². The fourth-order valence-corrected chi connectivity index (χ4v) is 4.90. The van der Waals surface area contributed by atoms with E-state index in [-0.39, 0.29) is 22.1 Å². The molecule has 1 heterocycles. The standard InChI is InChI=1S/C22H17NO7S/c24-16-9-11-22(27,12-10-16)20-13-15-3-1-2-4-19(15)23(20)31(28,29)18-7-5-17(6-8-18)30-14-21(25)26/h1-13,27H,14H2,(H,25,26). The Morgan fingerprint density at radius 1 is 1.03 bits per heavy atom. The lowest BCUT2D eigenvalue weighted by Gasteiger charge is -2.24. The van der Waals surface area contributed by atoms with Crippen LogP contribution in [0.5, 0.6) is 5.75 Å². The summed E-state index contributed by atoms with van der Waals surface area (Å²) < 4.78 is 33.2. The smallest absolute Gasteiger partial charge is 0.341 e. The highest BCUT2D eigenvalue weighted by Crippen LogP contribution is 2.35. The molecule has 0 spiro atoms. The van der Waals surface area contributed by atoms with E-state index in [9.17, 15) is 23.1 Å². The number of fused-ring (bicyclic) bond motifs is 1. The van der Waals surface area contributed by atoms with E-state index < -0.39 is 28.2 Å². The molecule has 2 aromatic carbocycles. The quantitative estimate of drug-likeness (QED) is 0.604. The summed E-state index contributed by atoms with van der Waals surface area (Å²) in [5, 5.41) is 20.4. The zero-order valence-electron chi connectivity index (χ0n) is 16.0. The summed E-state index contributed by atoms with van der Waals surface area (Å²) in [7, 11) is -4.17. The second-order valence-corrected chi connectivity index (χ2v) is 8.69. The number of hydrogen-bond acceptors (Lipinski definition) is 6. The molecule has 0 radical (unpaired) electrons. The predicted molar refractivity (Wildman–Crippen MR) is 111 cm³/mol. The van der Waals surface area contributed by atoms with E-state index in [1.54, 1.807) is 30.3 Å². The topological polar surface area (TPSA) is 123 Å². The highest BCUT2D eigenvalue weighted by atomic mass is 32.2. The van der Waals surface area contributed by atoms with Crippen molar-refractivity contribution >= 4 is 32.7 Å². The van der Waals surface area contributed by atoms with Crippen molar-refractivity contribution in [3.05, 3.63) is 84.6 Å². The number of carboxylic acids is 1. The molecule has 0 saturated carbocycles. The van der Waals surface area contributed by atoms with Crippen molar-refractivity contribution < 1.29 is 33.0 Å².